The van der Waals surface area contributed by atoms with Crippen LogP contribution in [0.25, 0.3) is 0 Å². The molecule has 84 valence electrons. The minimum Gasteiger partial charge on any atom is -0.369 e. The first-order chi connectivity index (χ1) is 7.08. The van der Waals surface area contributed by atoms with E-state index in [-0.39, 0.29) is 23.7 Å². The molecule has 0 aromatic rings. The molecule has 4 nitrogen and oxygen atoms in total. The minimum atomic E-state index is -0.184. The number of nitrogens with two attached hydrogens (primary N) is 2. The molecule has 4 unspecified atom stereocenters. The number of amides is 2. The molecule has 0 radical (unpaired) electrons. The third-order valence-electron chi connectivity index (χ3n) is 4.12. The van der Waals surface area contributed by atoms with Crippen molar-refractivity contribution >= 4 is 11.8 Å². The minimum absolute atomic E-state index is 0.0258. The van der Waals surface area contributed by atoms with Crippen LogP contribution >= 0.6 is 0 Å². The Morgan fingerprint density at radius 3 is 1.93 bits per heavy atom. The lowest BCUT2D eigenvalue weighted by Gasteiger charge is -2.29. The van der Waals surface area contributed by atoms with Gasteiger partial charge in [-0.1, -0.05) is 0 Å². The predicted octanol–water partition coefficient (Wildman–Crippen LogP) is 0.399. The zero-order chi connectivity index (χ0) is 11.0. The van der Waals surface area contributed by atoms with Gasteiger partial charge < -0.3 is 11.5 Å². The van der Waals surface area contributed by atoms with Crippen LogP contribution in [0.15, 0.2) is 0 Å². The molecular weight excluding hydrogens is 192 g/mol. The van der Waals surface area contributed by atoms with Gasteiger partial charge >= 0.3 is 0 Å². The van der Waals surface area contributed by atoms with Crippen LogP contribution in [0.3, 0.4) is 0 Å². The molecule has 0 aliphatic heterocycles. The normalized spacial score (nSPS) is 39.7. The van der Waals surface area contributed by atoms with Gasteiger partial charge in [0.1, 0.15) is 0 Å². The molecule has 2 fully saturated rings. The Bertz CT molecular complexity index is 278. The summed E-state index contributed by atoms with van der Waals surface area (Å²) in [5, 5.41) is 0. The number of rotatable bonds is 2. The van der Waals surface area contributed by atoms with Crippen LogP contribution in [-0.2, 0) is 9.59 Å². The molecule has 0 aromatic carbocycles. The summed E-state index contributed by atoms with van der Waals surface area (Å²) in [6.07, 6.45) is 4.57. The summed E-state index contributed by atoms with van der Waals surface area (Å²) in [6, 6.07) is 0. The summed E-state index contributed by atoms with van der Waals surface area (Å²) in [4.78, 5) is 22.2. The molecule has 2 aliphatic carbocycles. The number of carbonyl (C=O) groups excluding carboxylic acids is 2. The highest BCUT2D eigenvalue weighted by Crippen LogP contribution is 2.46. The van der Waals surface area contributed by atoms with Gasteiger partial charge in [-0.15, -0.1) is 0 Å². The Morgan fingerprint density at radius 1 is 0.800 bits per heavy atom. The zero-order valence-corrected chi connectivity index (χ0v) is 8.82. The van der Waals surface area contributed by atoms with Crippen molar-refractivity contribution in [3.63, 3.8) is 0 Å². The number of primary amides is 2. The first-order valence-electron chi connectivity index (χ1n) is 5.66. The van der Waals surface area contributed by atoms with Crippen LogP contribution in [-0.4, -0.2) is 11.8 Å². The lowest BCUT2D eigenvalue weighted by molar-refractivity contribution is -0.123. The van der Waals surface area contributed by atoms with E-state index in [1.54, 1.807) is 0 Å². The molecular formula is C11H18N2O2. The molecule has 0 saturated heterocycles. The standard InChI is InChI=1S/C11H18N2O2/c12-10(14)7-2-1-6-3-9(11(13)15)5-8(6)4-7/h6-9H,1-5H2,(H2,12,14)(H2,13,15). The van der Waals surface area contributed by atoms with Crippen LogP contribution < -0.4 is 11.5 Å². The summed E-state index contributed by atoms with van der Waals surface area (Å²) < 4.78 is 0. The van der Waals surface area contributed by atoms with Crippen LogP contribution in [0.2, 0.25) is 0 Å². The van der Waals surface area contributed by atoms with Gasteiger partial charge in [0.2, 0.25) is 11.8 Å². The Balaban J connectivity index is 1.98. The molecule has 2 rings (SSSR count). The van der Waals surface area contributed by atoms with Gasteiger partial charge in [-0.05, 0) is 43.9 Å². The highest BCUT2D eigenvalue weighted by molar-refractivity contribution is 5.78. The van der Waals surface area contributed by atoms with Gasteiger partial charge in [-0.3, -0.25) is 9.59 Å². The highest BCUT2D eigenvalue weighted by Gasteiger charge is 2.41. The molecule has 2 aliphatic rings. The number of fused-ring (bicyclic) bond motifs is 1. The summed E-state index contributed by atoms with van der Waals surface area (Å²) in [5.74, 6) is 0.785. The van der Waals surface area contributed by atoms with E-state index in [4.69, 9.17) is 11.5 Å². The van der Waals surface area contributed by atoms with Crippen molar-refractivity contribution in [2.45, 2.75) is 32.1 Å². The van der Waals surface area contributed by atoms with Crippen molar-refractivity contribution in [1.29, 1.82) is 0 Å². The molecule has 0 bridgehead atoms. The van der Waals surface area contributed by atoms with E-state index >= 15 is 0 Å². The fourth-order valence-corrected chi connectivity index (χ4v) is 3.24. The third-order valence-corrected chi connectivity index (χ3v) is 4.12. The SMILES string of the molecule is NC(=O)C1CCC2CC(C(N)=O)CC2C1. The first kappa shape index (κ1) is 10.5. The molecule has 4 N–H and O–H groups in total. The molecule has 4 heteroatoms. The number of hydrogen-bond acceptors (Lipinski definition) is 2. The second-order valence-corrected chi connectivity index (χ2v) is 5.00. The van der Waals surface area contributed by atoms with Crippen LogP contribution in [0.4, 0.5) is 0 Å². The molecule has 2 amide bonds. The van der Waals surface area contributed by atoms with E-state index in [0.717, 1.165) is 32.1 Å². The van der Waals surface area contributed by atoms with E-state index in [0.29, 0.717) is 11.8 Å². The van der Waals surface area contributed by atoms with Crippen molar-refractivity contribution < 1.29 is 9.59 Å². The maximum atomic E-state index is 11.1. The van der Waals surface area contributed by atoms with Crippen molar-refractivity contribution in [2.75, 3.05) is 0 Å². The number of carbonyl (C=O) groups is 2. The Hall–Kier alpha value is -1.06. The first-order valence-corrected chi connectivity index (χ1v) is 5.66. The van der Waals surface area contributed by atoms with Gasteiger partial charge in [0.25, 0.3) is 0 Å². The van der Waals surface area contributed by atoms with Crippen molar-refractivity contribution in [1.82, 2.24) is 0 Å². The van der Waals surface area contributed by atoms with Crippen LogP contribution in [0, 0.1) is 23.7 Å². The maximum absolute atomic E-state index is 11.1. The quantitative estimate of drug-likeness (QED) is 0.691. The van der Waals surface area contributed by atoms with Crippen LogP contribution in [0.5, 0.6) is 0 Å². The fourth-order valence-electron chi connectivity index (χ4n) is 3.24. The lowest BCUT2D eigenvalue weighted by Crippen LogP contribution is -2.30. The average molecular weight is 210 g/mol. The monoisotopic (exact) mass is 210 g/mol. The van der Waals surface area contributed by atoms with Crippen molar-refractivity contribution in [2.24, 2.45) is 35.1 Å². The smallest absolute Gasteiger partial charge is 0.220 e. The molecule has 0 aromatic heterocycles. The van der Waals surface area contributed by atoms with E-state index in [9.17, 15) is 9.59 Å². The van der Waals surface area contributed by atoms with E-state index in [1.807, 2.05) is 0 Å². The van der Waals surface area contributed by atoms with E-state index in [2.05, 4.69) is 0 Å². The third kappa shape index (κ3) is 1.98. The summed E-state index contributed by atoms with van der Waals surface area (Å²) in [7, 11) is 0. The number of hydrogen-bond donors (Lipinski definition) is 2. The fraction of sp³-hybridized carbons (Fsp3) is 0.818. The van der Waals surface area contributed by atoms with Gasteiger partial charge in [0.05, 0.1) is 0 Å². The second kappa shape index (κ2) is 3.83. The highest BCUT2D eigenvalue weighted by atomic mass is 16.1. The molecule has 0 heterocycles. The van der Waals surface area contributed by atoms with Gasteiger partial charge in [-0.2, -0.15) is 0 Å². The Kier molecular flexibility index (Phi) is 2.67. The van der Waals surface area contributed by atoms with Crippen molar-refractivity contribution in [3.05, 3.63) is 0 Å². The Labute approximate surface area is 89.4 Å². The lowest BCUT2D eigenvalue weighted by atomic mass is 9.76. The van der Waals surface area contributed by atoms with E-state index in [1.165, 1.54) is 0 Å². The zero-order valence-electron chi connectivity index (χ0n) is 8.82. The Morgan fingerprint density at radius 2 is 1.33 bits per heavy atom. The topological polar surface area (TPSA) is 86.2 Å². The predicted molar refractivity (Wildman–Crippen MR) is 55.4 cm³/mol. The molecule has 2 saturated carbocycles. The second-order valence-electron chi connectivity index (χ2n) is 5.00. The van der Waals surface area contributed by atoms with Crippen LogP contribution in [0.1, 0.15) is 32.1 Å². The molecule has 15 heavy (non-hydrogen) atoms. The van der Waals surface area contributed by atoms with E-state index < -0.39 is 0 Å². The summed E-state index contributed by atoms with van der Waals surface area (Å²) >= 11 is 0. The summed E-state index contributed by atoms with van der Waals surface area (Å²) in [6.45, 7) is 0. The molecule has 0 spiro atoms. The maximum Gasteiger partial charge on any atom is 0.220 e. The molecule has 4 atom stereocenters. The van der Waals surface area contributed by atoms with Gasteiger partial charge in [0.15, 0.2) is 0 Å². The van der Waals surface area contributed by atoms with Gasteiger partial charge in [-0.25, -0.2) is 0 Å². The average Bonchev–Trinajstić information content (AvgIpc) is 2.59. The van der Waals surface area contributed by atoms with Crippen molar-refractivity contribution in [3.8, 4) is 0 Å². The van der Waals surface area contributed by atoms with Gasteiger partial charge in [0, 0.05) is 11.8 Å². The summed E-state index contributed by atoms with van der Waals surface area (Å²) in [5.41, 5.74) is 10.6. The largest absolute Gasteiger partial charge is 0.369 e.